The Morgan fingerprint density at radius 1 is 0.379 bits per heavy atom. The highest BCUT2D eigenvalue weighted by molar-refractivity contribution is 7.25. The van der Waals surface area contributed by atoms with E-state index in [1.165, 1.54) is 109 Å². The predicted molar refractivity (Wildman–Crippen MR) is 245 cm³/mol. The topological polar surface area (TPSA) is 3.24 Å². The average molecular weight is 756 g/mol. The molecule has 13 rings (SSSR count). The fourth-order valence-corrected chi connectivity index (χ4v) is 12.3. The van der Waals surface area contributed by atoms with Gasteiger partial charge in [-0.3, -0.25) is 0 Å². The molecule has 0 bridgehead atoms. The summed E-state index contributed by atoms with van der Waals surface area (Å²) in [4.78, 5) is 2.56. The fourth-order valence-electron chi connectivity index (χ4n) is 11.2. The largest absolute Gasteiger partial charge is 0.310 e. The van der Waals surface area contributed by atoms with Crippen molar-refractivity contribution >= 4 is 59.3 Å². The maximum absolute atomic E-state index is 2.56. The van der Waals surface area contributed by atoms with Crippen LogP contribution in [0.4, 0.5) is 17.1 Å². The van der Waals surface area contributed by atoms with Gasteiger partial charge in [0.25, 0.3) is 0 Å². The van der Waals surface area contributed by atoms with Gasteiger partial charge in [-0.2, -0.15) is 0 Å². The zero-order valence-electron chi connectivity index (χ0n) is 32.3. The lowest BCUT2D eigenvalue weighted by Crippen LogP contribution is -2.26. The Bertz CT molecular complexity index is 3400. The van der Waals surface area contributed by atoms with Crippen LogP contribution in [-0.4, -0.2) is 0 Å². The third-order valence-corrected chi connectivity index (χ3v) is 14.8. The summed E-state index contributed by atoms with van der Waals surface area (Å²) in [5.41, 5.74) is 19.1. The monoisotopic (exact) mass is 755 g/mol. The second-order valence-electron chi connectivity index (χ2n) is 16.8. The van der Waals surface area contributed by atoms with Crippen molar-refractivity contribution in [3.05, 3.63) is 221 Å². The van der Waals surface area contributed by atoms with E-state index in [9.17, 15) is 0 Å². The SMILES string of the molecule is CC1(C)c2ccccc2-c2ccc(N(c3ccc4sc5ccccc5c4c3)c3cccc4c3-c3ccccc3C43c4ccccc4-c4c3ccc3ccccc43)cc21. The minimum atomic E-state index is -0.460. The third kappa shape index (κ3) is 4.00. The first-order valence-electron chi connectivity index (χ1n) is 20.3. The van der Waals surface area contributed by atoms with Gasteiger partial charge in [-0.05, 0) is 114 Å². The molecule has 0 radical (unpaired) electrons. The van der Waals surface area contributed by atoms with Gasteiger partial charge < -0.3 is 4.90 Å². The van der Waals surface area contributed by atoms with Crippen LogP contribution in [0.25, 0.3) is 64.3 Å². The van der Waals surface area contributed by atoms with Gasteiger partial charge in [0.05, 0.1) is 11.1 Å². The molecule has 1 heterocycles. The number of nitrogens with zero attached hydrogens (tertiary/aromatic N) is 1. The number of anilines is 3. The van der Waals surface area contributed by atoms with Gasteiger partial charge in [0.1, 0.15) is 0 Å². The van der Waals surface area contributed by atoms with Crippen molar-refractivity contribution in [3.8, 4) is 33.4 Å². The minimum absolute atomic E-state index is 0.129. The van der Waals surface area contributed by atoms with Gasteiger partial charge in [-0.15, -0.1) is 11.3 Å². The molecule has 10 aromatic rings. The molecule has 0 fully saturated rings. The second kappa shape index (κ2) is 11.4. The molecule has 0 aliphatic heterocycles. The van der Waals surface area contributed by atoms with Gasteiger partial charge in [0.15, 0.2) is 0 Å². The zero-order chi connectivity index (χ0) is 38.3. The summed E-state index contributed by atoms with van der Waals surface area (Å²) in [5.74, 6) is 0. The second-order valence-corrected chi connectivity index (χ2v) is 17.8. The molecule has 1 atom stereocenters. The first-order chi connectivity index (χ1) is 28.5. The van der Waals surface area contributed by atoms with Crippen molar-refractivity contribution in [1.29, 1.82) is 0 Å². The van der Waals surface area contributed by atoms with Gasteiger partial charge in [0, 0.05) is 42.5 Å². The van der Waals surface area contributed by atoms with Gasteiger partial charge in [0.2, 0.25) is 0 Å². The summed E-state index contributed by atoms with van der Waals surface area (Å²) >= 11 is 1.88. The van der Waals surface area contributed by atoms with E-state index in [1.54, 1.807) is 0 Å². The zero-order valence-corrected chi connectivity index (χ0v) is 33.1. The Hall–Kier alpha value is -6.74. The Morgan fingerprint density at radius 2 is 0.966 bits per heavy atom. The Balaban J connectivity index is 1.12. The Morgan fingerprint density at radius 3 is 1.79 bits per heavy atom. The van der Waals surface area contributed by atoms with E-state index in [0.29, 0.717) is 0 Å². The summed E-state index contributed by atoms with van der Waals surface area (Å²) in [7, 11) is 0. The Kier molecular flexibility index (Phi) is 6.38. The van der Waals surface area contributed by atoms with Crippen molar-refractivity contribution in [2.75, 3.05) is 4.90 Å². The molecular formula is C56H37NS. The lowest BCUT2D eigenvalue weighted by Gasteiger charge is -2.32. The van der Waals surface area contributed by atoms with Crippen molar-refractivity contribution in [1.82, 2.24) is 0 Å². The molecule has 1 spiro atoms. The Labute approximate surface area is 342 Å². The van der Waals surface area contributed by atoms with E-state index in [0.717, 1.165) is 5.69 Å². The van der Waals surface area contributed by atoms with Crippen LogP contribution in [0.5, 0.6) is 0 Å². The van der Waals surface area contributed by atoms with Gasteiger partial charge >= 0.3 is 0 Å². The normalized spacial score (nSPS) is 16.3. The van der Waals surface area contributed by atoms with Gasteiger partial charge in [-0.25, -0.2) is 0 Å². The molecule has 9 aromatic carbocycles. The lowest BCUT2D eigenvalue weighted by molar-refractivity contribution is 0.660. The van der Waals surface area contributed by atoms with Crippen LogP contribution in [0.1, 0.15) is 47.2 Å². The van der Waals surface area contributed by atoms with Crippen LogP contribution in [0, 0.1) is 0 Å². The number of hydrogen-bond acceptors (Lipinski definition) is 2. The summed E-state index contributed by atoms with van der Waals surface area (Å²) in [5, 5.41) is 5.19. The van der Waals surface area contributed by atoms with E-state index in [4.69, 9.17) is 0 Å². The molecule has 0 saturated heterocycles. The van der Waals surface area contributed by atoms with Crippen molar-refractivity contribution in [3.63, 3.8) is 0 Å². The van der Waals surface area contributed by atoms with Gasteiger partial charge in [-0.1, -0.05) is 159 Å². The molecule has 1 aromatic heterocycles. The number of rotatable bonds is 3. The van der Waals surface area contributed by atoms with Crippen LogP contribution >= 0.6 is 11.3 Å². The molecular weight excluding hydrogens is 719 g/mol. The van der Waals surface area contributed by atoms with E-state index < -0.39 is 5.41 Å². The number of hydrogen-bond donors (Lipinski definition) is 0. The average Bonchev–Trinajstić information content (AvgIpc) is 3.96. The molecule has 0 N–H and O–H groups in total. The number of fused-ring (bicyclic) bond motifs is 18. The summed E-state index contributed by atoms with van der Waals surface area (Å²) in [6.45, 7) is 4.77. The predicted octanol–water partition coefficient (Wildman–Crippen LogP) is 15.3. The van der Waals surface area contributed by atoms with Crippen LogP contribution in [-0.2, 0) is 10.8 Å². The number of thiophene rings is 1. The number of benzene rings is 9. The van der Waals surface area contributed by atoms with E-state index in [1.807, 2.05) is 11.3 Å². The highest BCUT2D eigenvalue weighted by Gasteiger charge is 2.53. The van der Waals surface area contributed by atoms with Crippen LogP contribution in [0.15, 0.2) is 188 Å². The first kappa shape index (κ1) is 32.4. The molecule has 2 heteroatoms. The molecule has 1 nitrogen and oxygen atoms in total. The van der Waals surface area contributed by atoms with Crippen LogP contribution < -0.4 is 4.90 Å². The molecule has 58 heavy (non-hydrogen) atoms. The molecule has 272 valence electrons. The third-order valence-electron chi connectivity index (χ3n) is 13.7. The molecule has 3 aliphatic carbocycles. The summed E-state index contributed by atoms with van der Waals surface area (Å²) in [6, 6.07) is 71.2. The van der Waals surface area contributed by atoms with Crippen molar-refractivity contribution in [2.24, 2.45) is 0 Å². The van der Waals surface area contributed by atoms with E-state index >= 15 is 0 Å². The smallest absolute Gasteiger partial charge is 0.0726 e. The highest BCUT2D eigenvalue weighted by atomic mass is 32.1. The van der Waals surface area contributed by atoms with E-state index in [-0.39, 0.29) is 5.41 Å². The molecule has 0 saturated carbocycles. The first-order valence-corrected chi connectivity index (χ1v) is 21.2. The maximum atomic E-state index is 2.56. The van der Waals surface area contributed by atoms with E-state index in [2.05, 4.69) is 207 Å². The van der Waals surface area contributed by atoms with Crippen LogP contribution in [0.3, 0.4) is 0 Å². The highest BCUT2D eigenvalue weighted by Crippen LogP contribution is 2.65. The molecule has 3 aliphatic rings. The minimum Gasteiger partial charge on any atom is -0.310 e. The van der Waals surface area contributed by atoms with Crippen LogP contribution in [0.2, 0.25) is 0 Å². The molecule has 1 unspecified atom stereocenters. The fraction of sp³-hybridized carbons (Fsp3) is 0.0714. The molecule has 0 amide bonds. The van der Waals surface area contributed by atoms with Crippen molar-refractivity contribution in [2.45, 2.75) is 24.7 Å². The lowest BCUT2D eigenvalue weighted by atomic mass is 9.70. The van der Waals surface area contributed by atoms with Crippen molar-refractivity contribution < 1.29 is 0 Å². The maximum Gasteiger partial charge on any atom is 0.0726 e. The summed E-state index contributed by atoms with van der Waals surface area (Å²) in [6.07, 6.45) is 0. The standard InChI is InChI=1S/C56H37NS/c1-55(2)44-20-9-5-16-38(44)39-29-27-36(33-49(39)55)57(35-28-31-52-43(32-35)40-17-8-12-25-51(40)58-52)50-24-13-23-47-54(50)42-19-7-11-22-46(42)56(47)45-21-10-6-18-41(45)53-37-15-4-3-14-34(37)26-30-48(53)56/h3-33H,1-2H3. The quantitative estimate of drug-likeness (QED) is 0.174. The summed E-state index contributed by atoms with van der Waals surface area (Å²) < 4.78 is 2.63.